The van der Waals surface area contributed by atoms with E-state index in [1.807, 2.05) is 31.3 Å². The molecule has 2 aromatic rings. The number of benzene rings is 1. The molecule has 0 atom stereocenters. The lowest BCUT2D eigenvalue weighted by Gasteiger charge is -1.98. The van der Waals surface area contributed by atoms with Crippen LogP contribution in [0.25, 0.3) is 12.2 Å². The molecule has 0 bridgehead atoms. The van der Waals surface area contributed by atoms with Gasteiger partial charge in [0.25, 0.3) is 0 Å². The fourth-order valence-corrected chi connectivity index (χ4v) is 1.44. The molecular weight excluding hydrogens is 200 g/mol. The van der Waals surface area contributed by atoms with Crippen molar-refractivity contribution in [3.63, 3.8) is 0 Å². The smallest absolute Gasteiger partial charge is 0.221 e. The summed E-state index contributed by atoms with van der Waals surface area (Å²) in [5, 5.41) is 7.75. The van der Waals surface area contributed by atoms with E-state index >= 15 is 0 Å². The van der Waals surface area contributed by atoms with E-state index in [4.69, 9.17) is 5.73 Å². The molecule has 0 aliphatic carbocycles. The van der Waals surface area contributed by atoms with Crippen molar-refractivity contribution < 1.29 is 0 Å². The monoisotopic (exact) mass is 214 g/mol. The predicted octanol–water partition coefficient (Wildman–Crippen LogP) is 1.88. The van der Waals surface area contributed by atoms with E-state index in [-0.39, 0.29) is 0 Å². The van der Waals surface area contributed by atoms with E-state index in [0.717, 1.165) is 5.82 Å². The first-order valence-electron chi connectivity index (χ1n) is 5.07. The van der Waals surface area contributed by atoms with Crippen molar-refractivity contribution in [2.75, 3.05) is 5.73 Å². The molecular formula is C12H14N4. The normalized spacial score (nSPS) is 11.1. The number of nitrogens with zero attached hydrogens (tertiary/aromatic N) is 3. The minimum absolute atomic E-state index is 0.421. The molecule has 82 valence electrons. The minimum Gasteiger partial charge on any atom is -0.368 e. The second-order valence-corrected chi connectivity index (χ2v) is 3.67. The Hall–Kier alpha value is -2.10. The molecule has 0 saturated heterocycles. The molecule has 0 saturated carbocycles. The summed E-state index contributed by atoms with van der Waals surface area (Å²) in [7, 11) is 1.84. The molecule has 0 unspecified atom stereocenters. The van der Waals surface area contributed by atoms with Gasteiger partial charge in [0.05, 0.1) is 0 Å². The molecule has 0 aliphatic heterocycles. The molecule has 0 fully saturated rings. The Balaban J connectivity index is 2.28. The van der Waals surface area contributed by atoms with Gasteiger partial charge in [0.1, 0.15) is 0 Å². The van der Waals surface area contributed by atoms with Crippen LogP contribution < -0.4 is 5.73 Å². The van der Waals surface area contributed by atoms with Gasteiger partial charge in [-0.15, -0.1) is 10.2 Å². The minimum atomic E-state index is 0.421. The van der Waals surface area contributed by atoms with E-state index in [0.29, 0.717) is 5.95 Å². The highest BCUT2D eigenvalue weighted by molar-refractivity contribution is 5.68. The topological polar surface area (TPSA) is 56.7 Å². The zero-order chi connectivity index (χ0) is 11.5. The molecule has 16 heavy (non-hydrogen) atoms. The van der Waals surface area contributed by atoms with Gasteiger partial charge in [-0.3, -0.25) is 4.57 Å². The van der Waals surface area contributed by atoms with Crippen LogP contribution in [0.1, 0.15) is 17.0 Å². The third-order valence-corrected chi connectivity index (χ3v) is 2.54. The van der Waals surface area contributed by atoms with Gasteiger partial charge in [0.15, 0.2) is 5.82 Å². The standard InChI is InChI=1S/C12H14N4/c1-9-5-3-4-6-10(9)7-8-11-14-15-12(13)16(11)2/h3-8H,1-2H3,(H2,13,15)/b8-7+. The molecule has 1 heterocycles. The van der Waals surface area contributed by atoms with Crippen molar-refractivity contribution in [2.45, 2.75) is 6.92 Å². The van der Waals surface area contributed by atoms with Crippen LogP contribution in [0.5, 0.6) is 0 Å². The van der Waals surface area contributed by atoms with Crippen molar-refractivity contribution in [3.05, 3.63) is 41.2 Å². The summed E-state index contributed by atoms with van der Waals surface area (Å²) in [5.74, 6) is 1.17. The van der Waals surface area contributed by atoms with Crippen LogP contribution in [-0.2, 0) is 7.05 Å². The molecule has 1 aromatic carbocycles. The zero-order valence-electron chi connectivity index (χ0n) is 9.38. The van der Waals surface area contributed by atoms with E-state index in [9.17, 15) is 0 Å². The van der Waals surface area contributed by atoms with Crippen molar-refractivity contribution in [3.8, 4) is 0 Å². The SMILES string of the molecule is Cc1ccccc1/C=C/c1nnc(N)n1C. The Kier molecular flexibility index (Phi) is 2.72. The highest BCUT2D eigenvalue weighted by atomic mass is 15.3. The third-order valence-electron chi connectivity index (χ3n) is 2.54. The van der Waals surface area contributed by atoms with Gasteiger partial charge in [-0.05, 0) is 24.1 Å². The number of aryl methyl sites for hydroxylation is 1. The summed E-state index contributed by atoms with van der Waals surface area (Å²) in [6.45, 7) is 2.07. The summed E-state index contributed by atoms with van der Waals surface area (Å²) in [4.78, 5) is 0. The van der Waals surface area contributed by atoms with Crippen LogP contribution in [0.2, 0.25) is 0 Å². The van der Waals surface area contributed by atoms with E-state index in [1.54, 1.807) is 4.57 Å². The van der Waals surface area contributed by atoms with Crippen molar-refractivity contribution in [1.29, 1.82) is 0 Å². The highest BCUT2D eigenvalue weighted by Gasteiger charge is 2.00. The van der Waals surface area contributed by atoms with Crippen molar-refractivity contribution >= 4 is 18.1 Å². The highest BCUT2D eigenvalue weighted by Crippen LogP contribution is 2.11. The van der Waals surface area contributed by atoms with Crippen LogP contribution in [0.15, 0.2) is 24.3 Å². The van der Waals surface area contributed by atoms with Gasteiger partial charge in [0, 0.05) is 7.05 Å². The molecule has 0 amide bonds. The van der Waals surface area contributed by atoms with E-state index in [1.165, 1.54) is 11.1 Å². The van der Waals surface area contributed by atoms with Crippen LogP contribution in [0.4, 0.5) is 5.95 Å². The Morgan fingerprint density at radius 3 is 2.56 bits per heavy atom. The maximum Gasteiger partial charge on any atom is 0.221 e. The first-order chi connectivity index (χ1) is 7.68. The molecule has 0 spiro atoms. The second kappa shape index (κ2) is 4.18. The fourth-order valence-electron chi connectivity index (χ4n) is 1.44. The quantitative estimate of drug-likeness (QED) is 0.830. The van der Waals surface area contributed by atoms with Crippen molar-refractivity contribution in [2.24, 2.45) is 7.05 Å². The Morgan fingerprint density at radius 2 is 1.94 bits per heavy atom. The lowest BCUT2D eigenvalue weighted by atomic mass is 10.1. The number of aromatic nitrogens is 3. The van der Waals surface area contributed by atoms with Gasteiger partial charge >= 0.3 is 0 Å². The summed E-state index contributed by atoms with van der Waals surface area (Å²) in [6, 6.07) is 8.17. The fraction of sp³-hybridized carbons (Fsp3) is 0.167. The van der Waals surface area contributed by atoms with Gasteiger partial charge < -0.3 is 5.73 Å². The summed E-state index contributed by atoms with van der Waals surface area (Å²) >= 11 is 0. The Morgan fingerprint density at radius 1 is 1.19 bits per heavy atom. The Labute approximate surface area is 94.4 Å². The van der Waals surface area contributed by atoms with Crippen LogP contribution >= 0.6 is 0 Å². The second-order valence-electron chi connectivity index (χ2n) is 3.67. The lowest BCUT2D eigenvalue weighted by Crippen LogP contribution is -1.98. The average molecular weight is 214 g/mol. The van der Waals surface area contributed by atoms with Gasteiger partial charge in [-0.25, -0.2) is 0 Å². The van der Waals surface area contributed by atoms with Gasteiger partial charge in [-0.1, -0.05) is 30.3 Å². The molecule has 1 aromatic heterocycles. The van der Waals surface area contributed by atoms with Gasteiger partial charge in [-0.2, -0.15) is 0 Å². The summed E-state index contributed by atoms with van der Waals surface area (Å²) < 4.78 is 1.74. The molecule has 4 nitrogen and oxygen atoms in total. The number of anilines is 1. The average Bonchev–Trinajstić information content (AvgIpc) is 2.59. The maximum absolute atomic E-state index is 5.59. The largest absolute Gasteiger partial charge is 0.368 e. The van der Waals surface area contributed by atoms with Crippen LogP contribution in [-0.4, -0.2) is 14.8 Å². The molecule has 4 heteroatoms. The molecule has 0 radical (unpaired) electrons. The molecule has 2 rings (SSSR count). The molecule has 0 aliphatic rings. The first kappa shape index (κ1) is 10.4. The summed E-state index contributed by atoms with van der Waals surface area (Å²) in [6.07, 6.45) is 3.92. The van der Waals surface area contributed by atoms with Crippen LogP contribution in [0.3, 0.4) is 0 Å². The van der Waals surface area contributed by atoms with E-state index in [2.05, 4.69) is 29.3 Å². The van der Waals surface area contributed by atoms with Crippen molar-refractivity contribution in [1.82, 2.24) is 14.8 Å². The number of rotatable bonds is 2. The lowest BCUT2D eigenvalue weighted by molar-refractivity contribution is 0.909. The first-order valence-corrected chi connectivity index (χ1v) is 5.07. The van der Waals surface area contributed by atoms with Gasteiger partial charge in [0.2, 0.25) is 5.95 Å². The number of nitrogens with two attached hydrogens (primary N) is 1. The maximum atomic E-state index is 5.59. The Bertz CT molecular complexity index is 526. The van der Waals surface area contributed by atoms with E-state index < -0.39 is 0 Å². The zero-order valence-corrected chi connectivity index (χ0v) is 9.38. The number of nitrogen functional groups attached to an aromatic ring is 1. The predicted molar refractivity (Wildman–Crippen MR) is 65.5 cm³/mol. The third kappa shape index (κ3) is 1.95. The molecule has 2 N–H and O–H groups in total. The summed E-state index contributed by atoms with van der Waals surface area (Å²) in [5.41, 5.74) is 8.00. The van der Waals surface area contributed by atoms with Crippen LogP contribution in [0, 0.1) is 6.92 Å². The number of hydrogen-bond acceptors (Lipinski definition) is 3. The number of hydrogen-bond donors (Lipinski definition) is 1.